The van der Waals surface area contributed by atoms with E-state index in [0.717, 1.165) is 23.5 Å². The highest BCUT2D eigenvalue weighted by atomic mass is 16.5. The summed E-state index contributed by atoms with van der Waals surface area (Å²) in [6, 6.07) is 17.6. The monoisotopic (exact) mass is 457 g/mol. The van der Waals surface area contributed by atoms with E-state index in [0.29, 0.717) is 23.7 Å². The number of nitrogens with zero attached hydrogens (tertiary/aromatic N) is 5. The molecule has 0 saturated carbocycles. The molecule has 0 bridgehead atoms. The molecule has 0 N–H and O–H groups in total. The molecule has 2 aromatic carbocycles. The maximum absolute atomic E-state index is 13.5. The van der Waals surface area contributed by atoms with Crippen molar-refractivity contribution in [2.75, 3.05) is 18.6 Å². The summed E-state index contributed by atoms with van der Waals surface area (Å²) in [6.45, 7) is 3.76. The fourth-order valence-corrected chi connectivity index (χ4v) is 4.50. The summed E-state index contributed by atoms with van der Waals surface area (Å²) in [5, 5.41) is 0. The van der Waals surface area contributed by atoms with Gasteiger partial charge >= 0.3 is 5.69 Å². The standard InChI is InChI=1S/C26H27N5O3/c1-18-16-30(20-11-13-21(34-3)14-12-20)25-27-23-22(31(25)17-18)24(32)29(26(33)28(23)2)15-7-10-19-8-5-4-6-9-19/h4-14,18H,15-17H2,1-3H3/b10-7+. The van der Waals surface area contributed by atoms with Gasteiger partial charge in [-0.15, -0.1) is 0 Å². The van der Waals surface area contributed by atoms with Gasteiger partial charge in [0.1, 0.15) is 5.75 Å². The number of aromatic nitrogens is 4. The largest absolute Gasteiger partial charge is 0.497 e. The fourth-order valence-electron chi connectivity index (χ4n) is 4.50. The van der Waals surface area contributed by atoms with Crippen LogP contribution in [0.15, 0.2) is 70.3 Å². The second-order valence-corrected chi connectivity index (χ2v) is 8.68. The Kier molecular flexibility index (Phi) is 5.57. The minimum atomic E-state index is -0.380. The molecule has 3 heterocycles. The first kappa shape index (κ1) is 21.8. The minimum absolute atomic E-state index is 0.189. The van der Waals surface area contributed by atoms with Gasteiger partial charge in [-0.2, -0.15) is 4.98 Å². The lowest BCUT2D eigenvalue weighted by Crippen LogP contribution is -2.40. The molecule has 1 aliphatic rings. The second-order valence-electron chi connectivity index (χ2n) is 8.68. The third kappa shape index (κ3) is 3.71. The molecule has 0 fully saturated rings. The normalized spacial score (nSPS) is 15.7. The number of hydrogen-bond acceptors (Lipinski definition) is 5. The topological polar surface area (TPSA) is 74.3 Å². The molecule has 0 aliphatic carbocycles. The van der Waals surface area contributed by atoms with Crippen LogP contribution in [0.3, 0.4) is 0 Å². The van der Waals surface area contributed by atoms with Gasteiger partial charge in [-0.25, -0.2) is 4.79 Å². The molecule has 8 nitrogen and oxygen atoms in total. The van der Waals surface area contributed by atoms with Crippen LogP contribution in [0, 0.1) is 5.92 Å². The molecular formula is C26H27N5O3. The highest BCUT2D eigenvalue weighted by molar-refractivity contribution is 5.77. The predicted molar refractivity (Wildman–Crippen MR) is 134 cm³/mol. The molecule has 0 spiro atoms. The van der Waals surface area contributed by atoms with Crippen molar-refractivity contribution in [2.24, 2.45) is 13.0 Å². The number of rotatable bonds is 5. The Morgan fingerprint density at radius 1 is 1.06 bits per heavy atom. The Morgan fingerprint density at radius 3 is 2.50 bits per heavy atom. The quantitative estimate of drug-likeness (QED) is 0.459. The summed E-state index contributed by atoms with van der Waals surface area (Å²) in [6.07, 6.45) is 3.75. The van der Waals surface area contributed by atoms with Crippen molar-refractivity contribution >= 4 is 28.9 Å². The van der Waals surface area contributed by atoms with E-state index in [1.807, 2.05) is 71.3 Å². The maximum Gasteiger partial charge on any atom is 0.332 e. The highest BCUT2D eigenvalue weighted by Crippen LogP contribution is 2.33. The number of anilines is 2. The number of ether oxygens (including phenoxy) is 1. The van der Waals surface area contributed by atoms with Gasteiger partial charge in [0.15, 0.2) is 11.2 Å². The zero-order valence-corrected chi connectivity index (χ0v) is 19.5. The van der Waals surface area contributed by atoms with Gasteiger partial charge in [0, 0.05) is 32.4 Å². The molecule has 8 heteroatoms. The molecule has 174 valence electrons. The van der Waals surface area contributed by atoms with Crippen molar-refractivity contribution in [3.8, 4) is 5.75 Å². The summed E-state index contributed by atoms with van der Waals surface area (Å²) in [4.78, 5) is 33.5. The van der Waals surface area contributed by atoms with Gasteiger partial charge in [0.25, 0.3) is 5.56 Å². The molecule has 2 aromatic heterocycles. The van der Waals surface area contributed by atoms with Gasteiger partial charge in [-0.3, -0.25) is 13.9 Å². The van der Waals surface area contributed by atoms with E-state index in [2.05, 4.69) is 11.8 Å². The third-order valence-corrected chi connectivity index (χ3v) is 6.22. The van der Waals surface area contributed by atoms with Crippen LogP contribution in [0.25, 0.3) is 17.2 Å². The van der Waals surface area contributed by atoms with Crippen LogP contribution in [-0.2, 0) is 20.1 Å². The predicted octanol–water partition coefficient (Wildman–Crippen LogP) is 3.41. The van der Waals surface area contributed by atoms with Gasteiger partial charge in [-0.05, 0) is 35.7 Å². The summed E-state index contributed by atoms with van der Waals surface area (Å²) in [5.41, 5.74) is 2.13. The average Bonchev–Trinajstić information content (AvgIpc) is 3.24. The van der Waals surface area contributed by atoms with Crippen LogP contribution >= 0.6 is 0 Å². The van der Waals surface area contributed by atoms with E-state index in [9.17, 15) is 9.59 Å². The Bertz CT molecular complexity index is 1480. The van der Waals surface area contributed by atoms with Gasteiger partial charge in [0.2, 0.25) is 5.95 Å². The zero-order valence-electron chi connectivity index (χ0n) is 19.5. The van der Waals surface area contributed by atoms with Crippen molar-refractivity contribution in [1.29, 1.82) is 0 Å². The Morgan fingerprint density at radius 2 is 1.79 bits per heavy atom. The smallest absolute Gasteiger partial charge is 0.332 e. The van der Waals surface area contributed by atoms with Crippen LogP contribution in [0.1, 0.15) is 12.5 Å². The van der Waals surface area contributed by atoms with Crippen molar-refractivity contribution in [3.63, 3.8) is 0 Å². The first-order chi connectivity index (χ1) is 16.5. The molecule has 1 atom stereocenters. The van der Waals surface area contributed by atoms with Crippen LogP contribution < -0.4 is 20.9 Å². The number of benzene rings is 2. The Hall–Kier alpha value is -4.07. The highest BCUT2D eigenvalue weighted by Gasteiger charge is 2.29. The second kappa shape index (κ2) is 8.70. The molecule has 5 rings (SSSR count). The molecule has 34 heavy (non-hydrogen) atoms. The van der Waals surface area contributed by atoms with Crippen LogP contribution in [-0.4, -0.2) is 32.3 Å². The Labute approximate surface area is 197 Å². The molecule has 1 aliphatic heterocycles. The van der Waals surface area contributed by atoms with E-state index < -0.39 is 0 Å². The summed E-state index contributed by atoms with van der Waals surface area (Å²) in [7, 11) is 3.31. The van der Waals surface area contributed by atoms with Crippen molar-refractivity contribution in [3.05, 3.63) is 87.1 Å². The number of aryl methyl sites for hydroxylation is 1. The number of fused-ring (bicyclic) bond motifs is 3. The lowest BCUT2D eigenvalue weighted by Gasteiger charge is -2.33. The summed E-state index contributed by atoms with van der Waals surface area (Å²) >= 11 is 0. The molecular weight excluding hydrogens is 430 g/mol. The van der Waals surface area contributed by atoms with E-state index in [1.165, 1.54) is 9.13 Å². The van der Waals surface area contributed by atoms with Crippen molar-refractivity contribution in [2.45, 2.75) is 20.0 Å². The van der Waals surface area contributed by atoms with E-state index in [-0.39, 0.29) is 23.7 Å². The molecule has 0 radical (unpaired) electrons. The van der Waals surface area contributed by atoms with E-state index in [4.69, 9.17) is 9.72 Å². The van der Waals surface area contributed by atoms with Gasteiger partial charge < -0.3 is 14.2 Å². The fraction of sp³-hybridized carbons (Fsp3) is 0.269. The number of allylic oxidation sites excluding steroid dienone is 1. The molecule has 1 unspecified atom stereocenters. The number of methoxy groups -OCH3 is 1. The SMILES string of the molecule is COc1ccc(N2CC(C)Cn3c2nc2c3c(=O)n(C/C=C/c3ccccc3)c(=O)n2C)cc1. The van der Waals surface area contributed by atoms with Gasteiger partial charge in [-0.1, -0.05) is 49.4 Å². The molecule has 0 amide bonds. The van der Waals surface area contributed by atoms with E-state index >= 15 is 0 Å². The van der Waals surface area contributed by atoms with Crippen LogP contribution in [0.2, 0.25) is 0 Å². The first-order valence-corrected chi connectivity index (χ1v) is 11.3. The van der Waals surface area contributed by atoms with Crippen molar-refractivity contribution in [1.82, 2.24) is 18.7 Å². The lowest BCUT2D eigenvalue weighted by molar-refractivity contribution is 0.414. The molecule has 0 saturated heterocycles. The van der Waals surface area contributed by atoms with E-state index in [1.54, 1.807) is 14.2 Å². The number of imidazole rings is 1. The van der Waals surface area contributed by atoms with Crippen LogP contribution in [0.5, 0.6) is 5.75 Å². The van der Waals surface area contributed by atoms with Gasteiger partial charge in [0.05, 0.1) is 7.11 Å². The Balaban J connectivity index is 1.61. The summed E-state index contributed by atoms with van der Waals surface area (Å²) < 4.78 is 9.98. The van der Waals surface area contributed by atoms with Crippen molar-refractivity contribution < 1.29 is 4.74 Å². The number of hydrogen-bond donors (Lipinski definition) is 0. The maximum atomic E-state index is 13.5. The summed E-state index contributed by atoms with van der Waals surface area (Å²) in [5.74, 6) is 1.73. The molecule has 4 aromatic rings. The average molecular weight is 458 g/mol. The lowest BCUT2D eigenvalue weighted by atomic mass is 10.1. The minimum Gasteiger partial charge on any atom is -0.497 e. The zero-order chi connectivity index (χ0) is 23.8. The first-order valence-electron chi connectivity index (χ1n) is 11.3. The van der Waals surface area contributed by atoms with Crippen LogP contribution in [0.4, 0.5) is 11.6 Å². The third-order valence-electron chi connectivity index (χ3n) is 6.22.